The fourth-order valence-electron chi connectivity index (χ4n) is 2.14. The average Bonchev–Trinajstić information content (AvgIpc) is 2.60. The number of likely N-dealkylation sites (N-methyl/N-ethyl adjacent to an activating group) is 1. The summed E-state index contributed by atoms with van der Waals surface area (Å²) in [6.07, 6.45) is 0. The van der Waals surface area contributed by atoms with Crippen molar-refractivity contribution in [2.75, 3.05) is 23.9 Å². The van der Waals surface area contributed by atoms with Crippen LogP contribution in [0, 0.1) is 0 Å². The molecule has 0 bridgehead atoms. The maximum absolute atomic E-state index is 12.3. The van der Waals surface area contributed by atoms with Crippen LogP contribution in [-0.4, -0.2) is 38.4 Å². The zero-order valence-electron chi connectivity index (χ0n) is 9.78. The minimum Gasteiger partial charge on any atom is -0.329 e. The van der Waals surface area contributed by atoms with Crippen LogP contribution in [0.15, 0.2) is 30.3 Å². The smallest absolute Gasteiger partial charge is 0.304 e. The molecule has 2 N–H and O–H groups in total. The molecule has 1 unspecified atom stereocenters. The first-order chi connectivity index (χ1) is 8.11. The number of hydrogen-bond donors (Lipinski definition) is 1. The van der Waals surface area contributed by atoms with Crippen LogP contribution in [0.5, 0.6) is 0 Å². The molecule has 94 valence electrons. The van der Waals surface area contributed by atoms with Crippen molar-refractivity contribution < 1.29 is 8.42 Å². The Kier molecular flexibility index (Phi) is 3.37. The highest BCUT2D eigenvalue weighted by atomic mass is 32.2. The zero-order chi connectivity index (χ0) is 12.5. The third kappa shape index (κ3) is 2.03. The summed E-state index contributed by atoms with van der Waals surface area (Å²) in [6.45, 7) is 3.05. The van der Waals surface area contributed by atoms with E-state index in [2.05, 4.69) is 0 Å². The fourth-order valence-corrected chi connectivity index (χ4v) is 4.00. The lowest BCUT2D eigenvalue weighted by Gasteiger charge is -2.19. The molecule has 0 aliphatic carbocycles. The van der Waals surface area contributed by atoms with E-state index < -0.39 is 10.2 Å². The van der Waals surface area contributed by atoms with Gasteiger partial charge in [-0.3, -0.25) is 4.31 Å². The molecule has 1 heterocycles. The summed E-state index contributed by atoms with van der Waals surface area (Å²) in [5.41, 5.74) is 6.32. The Morgan fingerprint density at radius 1 is 1.35 bits per heavy atom. The SMILES string of the molecule is CCN1C(CN)CN(c2ccccc2)S1(=O)=O. The lowest BCUT2D eigenvalue weighted by Crippen LogP contribution is -2.39. The van der Waals surface area contributed by atoms with Gasteiger partial charge in [-0.2, -0.15) is 12.7 Å². The Bertz CT molecular complexity index is 475. The van der Waals surface area contributed by atoms with E-state index >= 15 is 0 Å². The van der Waals surface area contributed by atoms with Crippen molar-refractivity contribution in [3.05, 3.63) is 30.3 Å². The molecule has 0 aromatic heterocycles. The van der Waals surface area contributed by atoms with Gasteiger partial charge in [0, 0.05) is 13.1 Å². The monoisotopic (exact) mass is 255 g/mol. The molecule has 1 atom stereocenters. The van der Waals surface area contributed by atoms with Gasteiger partial charge in [-0.05, 0) is 12.1 Å². The largest absolute Gasteiger partial charge is 0.329 e. The Hall–Kier alpha value is -1.11. The number of para-hydroxylation sites is 1. The summed E-state index contributed by atoms with van der Waals surface area (Å²) >= 11 is 0. The molecule has 6 heteroatoms. The first kappa shape index (κ1) is 12.3. The van der Waals surface area contributed by atoms with Gasteiger partial charge in [-0.1, -0.05) is 25.1 Å². The molecule has 1 aromatic carbocycles. The molecule has 1 aliphatic rings. The molecule has 5 nitrogen and oxygen atoms in total. The Labute approximate surface area is 102 Å². The van der Waals surface area contributed by atoms with Crippen molar-refractivity contribution in [2.45, 2.75) is 13.0 Å². The van der Waals surface area contributed by atoms with E-state index in [1.165, 1.54) is 8.61 Å². The number of hydrogen-bond acceptors (Lipinski definition) is 3. The number of rotatable bonds is 3. The van der Waals surface area contributed by atoms with E-state index in [-0.39, 0.29) is 6.04 Å². The van der Waals surface area contributed by atoms with Crippen LogP contribution in [-0.2, 0) is 10.2 Å². The number of nitrogens with zero attached hydrogens (tertiary/aromatic N) is 2. The van der Waals surface area contributed by atoms with Crippen LogP contribution in [0.3, 0.4) is 0 Å². The number of nitrogens with two attached hydrogens (primary N) is 1. The predicted octanol–water partition coefficient (Wildman–Crippen LogP) is 0.401. The normalized spacial score (nSPS) is 24.1. The van der Waals surface area contributed by atoms with Gasteiger partial charge < -0.3 is 5.73 Å². The molecular weight excluding hydrogens is 238 g/mol. The third-order valence-electron chi connectivity index (χ3n) is 2.99. The number of anilines is 1. The second kappa shape index (κ2) is 4.64. The van der Waals surface area contributed by atoms with Gasteiger partial charge in [-0.25, -0.2) is 0 Å². The highest BCUT2D eigenvalue weighted by molar-refractivity contribution is 7.90. The molecule has 0 radical (unpaired) electrons. The van der Waals surface area contributed by atoms with Crippen LogP contribution in [0.2, 0.25) is 0 Å². The zero-order valence-corrected chi connectivity index (χ0v) is 10.6. The summed E-state index contributed by atoms with van der Waals surface area (Å²) in [4.78, 5) is 0. The standard InChI is InChI=1S/C11H17N3O2S/c1-2-13-11(8-12)9-14(17(13,15)16)10-6-4-3-5-7-10/h3-7,11H,2,8-9,12H2,1H3. The average molecular weight is 255 g/mol. The van der Waals surface area contributed by atoms with Gasteiger partial charge in [0.25, 0.3) is 0 Å². The van der Waals surface area contributed by atoms with Crippen molar-refractivity contribution in [3.8, 4) is 0 Å². The Morgan fingerprint density at radius 2 is 2.00 bits per heavy atom. The summed E-state index contributed by atoms with van der Waals surface area (Å²) in [6, 6.07) is 8.98. The topological polar surface area (TPSA) is 66.6 Å². The summed E-state index contributed by atoms with van der Waals surface area (Å²) in [5, 5.41) is 0. The maximum atomic E-state index is 12.3. The van der Waals surface area contributed by atoms with Crippen LogP contribution < -0.4 is 10.0 Å². The quantitative estimate of drug-likeness (QED) is 0.850. The lowest BCUT2D eigenvalue weighted by atomic mass is 10.2. The lowest BCUT2D eigenvalue weighted by molar-refractivity contribution is 0.375. The molecule has 1 aliphatic heterocycles. The number of benzene rings is 1. The minimum atomic E-state index is -3.41. The van der Waals surface area contributed by atoms with Gasteiger partial charge >= 0.3 is 10.2 Å². The van der Waals surface area contributed by atoms with Crippen LogP contribution in [0.4, 0.5) is 5.69 Å². The first-order valence-corrected chi connectivity index (χ1v) is 7.05. The van der Waals surface area contributed by atoms with Crippen molar-refractivity contribution in [2.24, 2.45) is 5.73 Å². The van der Waals surface area contributed by atoms with Gasteiger partial charge in [0.1, 0.15) is 0 Å². The highest BCUT2D eigenvalue weighted by Crippen LogP contribution is 2.27. The van der Waals surface area contributed by atoms with E-state index in [9.17, 15) is 8.42 Å². The molecule has 17 heavy (non-hydrogen) atoms. The van der Waals surface area contributed by atoms with Crippen molar-refractivity contribution >= 4 is 15.9 Å². The van der Waals surface area contributed by atoms with E-state index in [1.807, 2.05) is 25.1 Å². The fraction of sp³-hybridized carbons (Fsp3) is 0.455. The Balaban J connectivity index is 2.38. The van der Waals surface area contributed by atoms with Gasteiger partial charge in [0.2, 0.25) is 0 Å². The molecule has 0 saturated carbocycles. The van der Waals surface area contributed by atoms with Crippen molar-refractivity contribution in [1.82, 2.24) is 4.31 Å². The minimum absolute atomic E-state index is 0.134. The Morgan fingerprint density at radius 3 is 2.47 bits per heavy atom. The molecule has 2 rings (SSSR count). The molecule has 1 fully saturated rings. The second-order valence-corrected chi connectivity index (χ2v) is 5.77. The predicted molar refractivity (Wildman–Crippen MR) is 67.9 cm³/mol. The highest BCUT2D eigenvalue weighted by Gasteiger charge is 2.42. The summed E-state index contributed by atoms with van der Waals surface area (Å²) in [5.74, 6) is 0. The van der Waals surface area contributed by atoms with E-state index in [4.69, 9.17) is 5.73 Å². The maximum Gasteiger partial charge on any atom is 0.304 e. The molecular formula is C11H17N3O2S. The van der Waals surface area contributed by atoms with Crippen LogP contribution >= 0.6 is 0 Å². The van der Waals surface area contributed by atoms with Crippen LogP contribution in [0.1, 0.15) is 6.92 Å². The van der Waals surface area contributed by atoms with Crippen molar-refractivity contribution in [3.63, 3.8) is 0 Å². The second-order valence-electron chi connectivity index (χ2n) is 3.97. The molecule has 0 spiro atoms. The van der Waals surface area contributed by atoms with E-state index in [1.54, 1.807) is 12.1 Å². The summed E-state index contributed by atoms with van der Waals surface area (Å²) < 4.78 is 27.5. The first-order valence-electron chi connectivity index (χ1n) is 5.66. The molecule has 1 aromatic rings. The van der Waals surface area contributed by atoms with Crippen molar-refractivity contribution in [1.29, 1.82) is 0 Å². The molecule has 1 saturated heterocycles. The van der Waals surface area contributed by atoms with E-state index in [0.29, 0.717) is 25.3 Å². The van der Waals surface area contributed by atoms with Gasteiger partial charge in [-0.15, -0.1) is 0 Å². The van der Waals surface area contributed by atoms with Crippen LogP contribution in [0.25, 0.3) is 0 Å². The molecule has 0 amide bonds. The summed E-state index contributed by atoms with van der Waals surface area (Å²) in [7, 11) is -3.41. The van der Waals surface area contributed by atoms with E-state index in [0.717, 1.165) is 0 Å². The van der Waals surface area contributed by atoms with Gasteiger partial charge in [0.05, 0.1) is 18.3 Å². The van der Waals surface area contributed by atoms with Gasteiger partial charge in [0.15, 0.2) is 0 Å². The third-order valence-corrected chi connectivity index (χ3v) is 5.05.